The molecule has 0 fully saturated rings. The van der Waals surface area contributed by atoms with Gasteiger partial charge in [-0.15, -0.1) is 0 Å². The smallest absolute Gasteiger partial charge is 0.189 e. The first-order valence-corrected chi connectivity index (χ1v) is 19.2. The van der Waals surface area contributed by atoms with Crippen LogP contribution in [0.25, 0.3) is 0 Å². The Bertz CT molecular complexity index is 319. The van der Waals surface area contributed by atoms with Crippen LogP contribution in [0.2, 0.25) is 39.3 Å². The molecule has 0 unspecified atom stereocenters. The largest absolute Gasteiger partial charge is 0.332 e. The maximum absolute atomic E-state index is 3.17. The molecule has 0 saturated carbocycles. The highest BCUT2D eigenvalue weighted by molar-refractivity contribution is 7.02. The first-order valence-electron chi connectivity index (χ1n) is 10.5. The lowest BCUT2D eigenvalue weighted by Gasteiger charge is -2.61. The maximum atomic E-state index is 3.17. The Hall–Kier alpha value is 0.491. The van der Waals surface area contributed by atoms with Crippen LogP contribution < -0.4 is 0 Å². The SMILES string of the molecule is CCN(CC)[Si](C)(C)N([Si](C)(C)N(CC)CC)[Si](C)(C)N(CC)CC. The van der Waals surface area contributed by atoms with E-state index in [0.717, 1.165) is 39.3 Å². The minimum Gasteiger partial charge on any atom is -0.332 e. The zero-order valence-electron chi connectivity index (χ0n) is 19.5. The highest BCUT2D eigenvalue weighted by Gasteiger charge is 2.55. The van der Waals surface area contributed by atoms with Crippen LogP contribution in [0.1, 0.15) is 41.5 Å². The first kappa shape index (κ1) is 25.5. The van der Waals surface area contributed by atoms with Gasteiger partial charge in [0.1, 0.15) is 0 Å². The van der Waals surface area contributed by atoms with Gasteiger partial charge in [-0.3, -0.25) is 0 Å². The molecule has 0 spiro atoms. The van der Waals surface area contributed by atoms with E-state index in [1.165, 1.54) is 0 Å². The van der Waals surface area contributed by atoms with E-state index < -0.39 is 25.2 Å². The Morgan fingerprint density at radius 1 is 0.400 bits per heavy atom. The zero-order valence-corrected chi connectivity index (χ0v) is 22.5. The Balaban J connectivity index is 6.42. The second kappa shape index (κ2) is 10.1. The molecule has 152 valence electrons. The number of nitrogens with zero attached hydrogens (tertiary/aromatic N) is 4. The van der Waals surface area contributed by atoms with Gasteiger partial charge in [0.05, 0.1) is 0 Å². The summed E-state index contributed by atoms with van der Waals surface area (Å²) in [5, 5.41) is 0. The standard InChI is InChI=1S/C18H48N4Si3/c1-13-19(14-2)23(7,8)22(24(9,10)20(15-3)16-4)25(11,12)21(17-5)18-6/h13-18H2,1-12H3. The van der Waals surface area contributed by atoms with Crippen molar-refractivity contribution in [1.29, 1.82) is 0 Å². The molecule has 0 aromatic heterocycles. The van der Waals surface area contributed by atoms with Crippen LogP contribution in [-0.2, 0) is 0 Å². The minimum absolute atomic E-state index is 1.16. The van der Waals surface area contributed by atoms with E-state index in [0.29, 0.717) is 0 Å². The Morgan fingerprint density at radius 3 is 0.680 bits per heavy atom. The quantitative estimate of drug-likeness (QED) is 0.446. The van der Waals surface area contributed by atoms with E-state index in [9.17, 15) is 0 Å². The fraction of sp³-hybridized carbons (Fsp3) is 1.00. The summed E-state index contributed by atoms with van der Waals surface area (Å²) in [6, 6.07) is 0. The van der Waals surface area contributed by atoms with E-state index in [4.69, 9.17) is 0 Å². The monoisotopic (exact) mass is 404 g/mol. The van der Waals surface area contributed by atoms with Gasteiger partial charge >= 0.3 is 0 Å². The molecule has 0 amide bonds. The molecule has 0 aliphatic heterocycles. The summed E-state index contributed by atoms with van der Waals surface area (Å²) in [6.45, 7) is 36.7. The van der Waals surface area contributed by atoms with Crippen LogP contribution in [-0.4, -0.2) is 82.1 Å². The number of hydrogen-bond donors (Lipinski definition) is 0. The fourth-order valence-electron chi connectivity index (χ4n) is 5.43. The molecule has 0 aromatic rings. The molecular weight excluding hydrogens is 356 g/mol. The third kappa shape index (κ3) is 5.27. The Labute approximate surface area is 163 Å². The van der Waals surface area contributed by atoms with Crippen molar-refractivity contribution in [3.05, 3.63) is 0 Å². The third-order valence-corrected chi connectivity index (χ3v) is 25.9. The third-order valence-electron chi connectivity index (χ3n) is 6.25. The van der Waals surface area contributed by atoms with Crippen molar-refractivity contribution in [2.45, 2.75) is 80.8 Å². The molecule has 0 heterocycles. The van der Waals surface area contributed by atoms with E-state index in [1.54, 1.807) is 0 Å². The second-order valence-corrected chi connectivity index (χ2v) is 21.9. The molecule has 0 N–H and O–H groups in total. The normalized spacial score (nSPS) is 14.4. The molecule has 0 radical (unpaired) electrons. The fourth-order valence-corrected chi connectivity index (χ4v) is 29.5. The summed E-state index contributed by atoms with van der Waals surface area (Å²) in [6.07, 6.45) is 0. The first-order chi connectivity index (χ1) is 11.4. The zero-order chi connectivity index (χ0) is 20.1. The minimum atomic E-state index is -1.72. The Morgan fingerprint density at radius 2 is 0.560 bits per heavy atom. The van der Waals surface area contributed by atoms with Crippen molar-refractivity contribution in [2.24, 2.45) is 0 Å². The van der Waals surface area contributed by atoms with Gasteiger partial charge in [-0.05, 0) is 78.6 Å². The van der Waals surface area contributed by atoms with E-state index in [1.807, 2.05) is 0 Å². The van der Waals surface area contributed by atoms with Crippen LogP contribution in [0.3, 0.4) is 0 Å². The summed E-state index contributed by atoms with van der Waals surface area (Å²) in [5.41, 5.74) is 0. The van der Waals surface area contributed by atoms with Crippen molar-refractivity contribution >= 4 is 25.2 Å². The lowest BCUT2D eigenvalue weighted by Crippen LogP contribution is -2.83. The summed E-state index contributed by atoms with van der Waals surface area (Å²) >= 11 is 0. The van der Waals surface area contributed by atoms with Crippen molar-refractivity contribution in [1.82, 2.24) is 17.6 Å². The predicted octanol–water partition coefficient (Wildman–Crippen LogP) is 4.42. The maximum Gasteiger partial charge on any atom is 0.189 e. The summed E-state index contributed by atoms with van der Waals surface area (Å²) in [7, 11) is -5.15. The van der Waals surface area contributed by atoms with Crippen LogP contribution in [0.15, 0.2) is 0 Å². The summed E-state index contributed by atoms with van der Waals surface area (Å²) in [4.78, 5) is 0. The molecule has 0 rings (SSSR count). The number of hydrogen-bond acceptors (Lipinski definition) is 4. The van der Waals surface area contributed by atoms with Crippen LogP contribution in [0, 0.1) is 0 Å². The van der Waals surface area contributed by atoms with Crippen molar-refractivity contribution in [3.8, 4) is 0 Å². The molecule has 0 aliphatic rings. The van der Waals surface area contributed by atoms with Gasteiger partial charge in [0.2, 0.25) is 0 Å². The van der Waals surface area contributed by atoms with Gasteiger partial charge in [0, 0.05) is 0 Å². The average molecular weight is 405 g/mol. The second-order valence-electron chi connectivity index (χ2n) is 8.34. The topological polar surface area (TPSA) is 13.0 Å². The lowest BCUT2D eigenvalue weighted by molar-refractivity contribution is 0.382. The van der Waals surface area contributed by atoms with Crippen LogP contribution >= 0.6 is 0 Å². The van der Waals surface area contributed by atoms with E-state index >= 15 is 0 Å². The molecule has 7 heteroatoms. The van der Waals surface area contributed by atoms with Gasteiger partial charge in [-0.2, -0.15) is 0 Å². The molecule has 25 heavy (non-hydrogen) atoms. The van der Waals surface area contributed by atoms with Crippen molar-refractivity contribution in [3.63, 3.8) is 0 Å². The van der Waals surface area contributed by atoms with Crippen molar-refractivity contribution < 1.29 is 0 Å². The van der Waals surface area contributed by atoms with E-state index in [2.05, 4.69) is 98.4 Å². The van der Waals surface area contributed by atoms with Gasteiger partial charge < -0.3 is 17.6 Å². The molecule has 0 bridgehead atoms. The molecule has 0 aromatic carbocycles. The van der Waals surface area contributed by atoms with Gasteiger partial charge in [0.15, 0.2) is 25.2 Å². The highest BCUT2D eigenvalue weighted by Crippen LogP contribution is 2.33. The highest BCUT2D eigenvalue weighted by atomic mass is 28.5. The molecule has 0 atom stereocenters. The van der Waals surface area contributed by atoms with Gasteiger partial charge in [0.25, 0.3) is 0 Å². The molecule has 0 aliphatic carbocycles. The van der Waals surface area contributed by atoms with Gasteiger partial charge in [-0.1, -0.05) is 41.5 Å². The summed E-state index contributed by atoms with van der Waals surface area (Å²) < 4.78 is 11.6. The lowest BCUT2D eigenvalue weighted by atomic mass is 10.7. The van der Waals surface area contributed by atoms with Crippen LogP contribution in [0.5, 0.6) is 0 Å². The number of rotatable bonds is 12. The summed E-state index contributed by atoms with van der Waals surface area (Å²) in [5.74, 6) is 0. The average Bonchev–Trinajstić information content (AvgIpc) is 2.48. The Kier molecular flexibility index (Phi) is 10.3. The van der Waals surface area contributed by atoms with Crippen molar-refractivity contribution in [2.75, 3.05) is 39.3 Å². The molecular formula is C18H48N4Si3. The van der Waals surface area contributed by atoms with Gasteiger partial charge in [-0.25, -0.2) is 0 Å². The molecule has 4 nitrogen and oxygen atoms in total. The van der Waals surface area contributed by atoms with E-state index in [-0.39, 0.29) is 0 Å². The molecule has 0 saturated heterocycles. The predicted molar refractivity (Wildman–Crippen MR) is 123 cm³/mol. The van der Waals surface area contributed by atoms with Crippen LogP contribution in [0.4, 0.5) is 0 Å².